The van der Waals surface area contributed by atoms with Crippen LogP contribution < -0.4 is 5.73 Å². The van der Waals surface area contributed by atoms with E-state index in [1.54, 1.807) is 0 Å². The van der Waals surface area contributed by atoms with E-state index in [-0.39, 0.29) is 24.3 Å². The Morgan fingerprint density at radius 2 is 1.58 bits per heavy atom. The fraction of sp³-hybridized carbons (Fsp3) is 0.381. The maximum Gasteiger partial charge on any atom is 0.306 e. The normalized spacial score (nSPS) is 14.0. The molecule has 3 heteroatoms. The highest BCUT2D eigenvalue weighted by Crippen LogP contribution is 2.33. The first kappa shape index (κ1) is 18.2. The van der Waals surface area contributed by atoms with Crippen LogP contribution in [0.1, 0.15) is 55.8 Å². The van der Waals surface area contributed by atoms with Crippen molar-refractivity contribution in [1.29, 1.82) is 0 Å². The lowest BCUT2D eigenvalue weighted by Crippen LogP contribution is -2.28. The number of nitrogens with two attached hydrogens (primary N) is 1. The summed E-state index contributed by atoms with van der Waals surface area (Å²) in [6.07, 6.45) is 0.260. The molecule has 0 amide bonds. The van der Waals surface area contributed by atoms with Gasteiger partial charge >= 0.3 is 5.97 Å². The van der Waals surface area contributed by atoms with Crippen LogP contribution in [0.5, 0.6) is 0 Å². The summed E-state index contributed by atoms with van der Waals surface area (Å²) in [5.74, 6) is -0.345. The largest absolute Gasteiger partial charge is 0.460 e. The average Bonchev–Trinajstić information content (AvgIpc) is 2.52. The Morgan fingerprint density at radius 3 is 2.12 bits per heavy atom. The number of carbonyl (C=O) groups is 1. The van der Waals surface area contributed by atoms with Gasteiger partial charge in [0.05, 0.1) is 6.42 Å². The van der Waals surface area contributed by atoms with E-state index >= 15 is 0 Å². The van der Waals surface area contributed by atoms with Crippen molar-refractivity contribution in [3.05, 3.63) is 71.3 Å². The average molecular weight is 325 g/mol. The van der Waals surface area contributed by atoms with E-state index in [1.165, 1.54) is 5.56 Å². The van der Waals surface area contributed by atoms with Gasteiger partial charge < -0.3 is 10.5 Å². The molecule has 0 aliphatic carbocycles. The smallest absolute Gasteiger partial charge is 0.306 e. The highest BCUT2D eigenvalue weighted by atomic mass is 16.6. The summed E-state index contributed by atoms with van der Waals surface area (Å²) in [4.78, 5) is 12.4. The van der Waals surface area contributed by atoms with Crippen molar-refractivity contribution >= 4 is 5.97 Å². The Hall–Kier alpha value is -2.13. The van der Waals surface area contributed by atoms with Gasteiger partial charge in [0.15, 0.2) is 0 Å². The molecule has 0 saturated carbocycles. The van der Waals surface area contributed by atoms with Gasteiger partial charge in [-0.1, -0.05) is 60.2 Å². The topological polar surface area (TPSA) is 52.3 Å². The molecule has 0 spiro atoms. The van der Waals surface area contributed by atoms with E-state index in [1.807, 2.05) is 82.3 Å². The lowest BCUT2D eigenvalue weighted by atomic mass is 9.85. The fourth-order valence-corrected chi connectivity index (χ4v) is 2.74. The molecule has 3 nitrogen and oxygen atoms in total. The zero-order chi connectivity index (χ0) is 17.7. The molecule has 0 aliphatic rings. The summed E-state index contributed by atoms with van der Waals surface area (Å²) >= 11 is 0. The molecule has 0 aromatic heterocycles. The quantitative estimate of drug-likeness (QED) is 0.823. The molecule has 2 N–H and O–H groups in total. The third-order valence-corrected chi connectivity index (χ3v) is 3.93. The monoisotopic (exact) mass is 325 g/mol. The van der Waals surface area contributed by atoms with Crippen LogP contribution in [0.15, 0.2) is 54.6 Å². The van der Waals surface area contributed by atoms with Gasteiger partial charge in [-0.25, -0.2) is 0 Å². The molecule has 0 heterocycles. The van der Waals surface area contributed by atoms with Crippen LogP contribution in [0.4, 0.5) is 0 Å². The molecule has 0 saturated heterocycles. The molecule has 2 aromatic rings. The van der Waals surface area contributed by atoms with Crippen molar-refractivity contribution in [3.8, 4) is 0 Å². The molecule has 2 atom stereocenters. The minimum absolute atomic E-state index is 0.122. The van der Waals surface area contributed by atoms with Gasteiger partial charge in [0.1, 0.15) is 5.60 Å². The molecule has 2 aromatic carbocycles. The van der Waals surface area contributed by atoms with Crippen LogP contribution in [0, 0.1) is 6.92 Å². The second-order valence-electron chi connectivity index (χ2n) is 7.24. The lowest BCUT2D eigenvalue weighted by molar-refractivity contribution is -0.155. The van der Waals surface area contributed by atoms with Crippen LogP contribution in [0.25, 0.3) is 0 Å². The number of benzene rings is 2. The maximum absolute atomic E-state index is 12.4. The molecule has 2 unspecified atom stereocenters. The van der Waals surface area contributed by atoms with E-state index in [4.69, 9.17) is 10.5 Å². The van der Waals surface area contributed by atoms with E-state index < -0.39 is 5.60 Å². The van der Waals surface area contributed by atoms with E-state index in [2.05, 4.69) is 0 Å². The number of carbonyl (C=O) groups excluding carboxylic acids is 1. The molecular formula is C21H27NO2. The fourth-order valence-electron chi connectivity index (χ4n) is 2.74. The highest BCUT2D eigenvalue weighted by Gasteiger charge is 2.27. The third-order valence-electron chi connectivity index (χ3n) is 3.93. The van der Waals surface area contributed by atoms with Crippen LogP contribution in [-0.4, -0.2) is 11.6 Å². The van der Waals surface area contributed by atoms with Crippen LogP contribution >= 0.6 is 0 Å². The molecule has 0 bridgehead atoms. The van der Waals surface area contributed by atoms with Gasteiger partial charge in [-0.2, -0.15) is 0 Å². The SMILES string of the molecule is Cc1ccc(C(N)C(CC(=O)OC(C)(C)C)c2ccccc2)cc1. The van der Waals surface area contributed by atoms with Crippen molar-refractivity contribution in [2.45, 2.75) is 51.7 Å². The van der Waals surface area contributed by atoms with Gasteiger partial charge in [0.25, 0.3) is 0 Å². The number of aryl methyl sites for hydroxylation is 1. The summed E-state index contributed by atoms with van der Waals surface area (Å²) in [6, 6.07) is 17.8. The first-order valence-corrected chi connectivity index (χ1v) is 8.35. The first-order valence-electron chi connectivity index (χ1n) is 8.35. The van der Waals surface area contributed by atoms with Crippen molar-refractivity contribution in [2.24, 2.45) is 5.73 Å². The minimum atomic E-state index is -0.494. The molecule has 128 valence electrons. The third kappa shape index (κ3) is 5.20. The van der Waals surface area contributed by atoms with Crippen molar-refractivity contribution in [2.75, 3.05) is 0 Å². The number of ether oxygens (including phenoxy) is 1. The Bertz CT molecular complexity index is 656. The predicted octanol–water partition coefficient (Wildman–Crippen LogP) is 4.51. The molecule has 24 heavy (non-hydrogen) atoms. The van der Waals surface area contributed by atoms with Crippen molar-refractivity contribution in [3.63, 3.8) is 0 Å². The summed E-state index contributed by atoms with van der Waals surface area (Å²) in [6.45, 7) is 7.68. The van der Waals surface area contributed by atoms with Gasteiger partial charge in [0, 0.05) is 12.0 Å². The van der Waals surface area contributed by atoms with Gasteiger partial charge in [-0.15, -0.1) is 0 Å². The molecular weight excluding hydrogens is 298 g/mol. The van der Waals surface area contributed by atoms with E-state index in [0.717, 1.165) is 11.1 Å². The van der Waals surface area contributed by atoms with Crippen molar-refractivity contribution < 1.29 is 9.53 Å². The lowest BCUT2D eigenvalue weighted by Gasteiger charge is -2.26. The Balaban J connectivity index is 2.26. The number of esters is 1. The zero-order valence-electron chi connectivity index (χ0n) is 15.0. The van der Waals surface area contributed by atoms with Crippen molar-refractivity contribution in [1.82, 2.24) is 0 Å². The number of rotatable bonds is 5. The summed E-state index contributed by atoms with van der Waals surface area (Å²) in [5.41, 5.74) is 9.30. The minimum Gasteiger partial charge on any atom is -0.460 e. The Labute approximate surface area is 144 Å². The second kappa shape index (κ2) is 7.63. The molecule has 2 rings (SSSR count). The molecule has 0 fully saturated rings. The number of hydrogen-bond donors (Lipinski definition) is 1. The maximum atomic E-state index is 12.4. The van der Waals surface area contributed by atoms with Crippen LogP contribution in [-0.2, 0) is 9.53 Å². The van der Waals surface area contributed by atoms with E-state index in [9.17, 15) is 4.79 Å². The number of hydrogen-bond acceptors (Lipinski definition) is 3. The molecule has 0 aliphatic heterocycles. The second-order valence-corrected chi connectivity index (χ2v) is 7.24. The van der Waals surface area contributed by atoms with Gasteiger partial charge in [0.2, 0.25) is 0 Å². The van der Waals surface area contributed by atoms with Gasteiger partial charge in [-0.05, 0) is 38.8 Å². The Kier molecular flexibility index (Phi) is 5.79. The zero-order valence-corrected chi connectivity index (χ0v) is 15.0. The van der Waals surface area contributed by atoms with E-state index in [0.29, 0.717) is 0 Å². The first-order chi connectivity index (χ1) is 11.3. The van der Waals surface area contributed by atoms with Crippen LogP contribution in [0.2, 0.25) is 0 Å². The standard InChI is InChI=1S/C21H27NO2/c1-15-10-12-17(13-11-15)20(22)18(16-8-6-5-7-9-16)14-19(23)24-21(2,3)4/h5-13,18,20H,14,22H2,1-4H3. The summed E-state index contributed by atoms with van der Waals surface area (Å²) in [5, 5.41) is 0. The van der Waals surface area contributed by atoms with Crippen LogP contribution in [0.3, 0.4) is 0 Å². The molecule has 0 radical (unpaired) electrons. The van der Waals surface area contributed by atoms with Gasteiger partial charge in [-0.3, -0.25) is 4.79 Å². The Morgan fingerprint density at radius 1 is 1.00 bits per heavy atom. The summed E-state index contributed by atoms with van der Waals surface area (Å²) in [7, 11) is 0. The summed E-state index contributed by atoms with van der Waals surface area (Å²) < 4.78 is 5.50. The highest BCUT2D eigenvalue weighted by molar-refractivity contribution is 5.71. The predicted molar refractivity (Wildman–Crippen MR) is 97.8 cm³/mol.